The molecule has 170 valence electrons. The third kappa shape index (κ3) is 3.93. The largest absolute Gasteiger partial charge is 0.465 e. The first-order chi connectivity index (χ1) is 16.6. The van der Waals surface area contributed by atoms with Crippen molar-refractivity contribution in [3.63, 3.8) is 0 Å². The number of carbonyl (C=O) groups is 1. The van der Waals surface area contributed by atoms with Crippen molar-refractivity contribution in [1.82, 2.24) is 14.9 Å². The lowest BCUT2D eigenvalue weighted by atomic mass is 10.0. The minimum Gasteiger partial charge on any atom is -0.465 e. The Bertz CT molecular complexity index is 1340. The Balaban J connectivity index is 1.69. The van der Waals surface area contributed by atoms with Crippen molar-refractivity contribution in [2.45, 2.75) is 12.1 Å². The number of rotatable bonds is 5. The van der Waals surface area contributed by atoms with Gasteiger partial charge < -0.3 is 19.5 Å². The number of methoxy groups -OCH3 is 1. The number of ether oxygens (including phenoxy) is 1. The molecule has 2 atom stereocenters. The molecular weight excluding hydrogens is 468 g/mol. The first-order valence-electron chi connectivity index (χ1n) is 10.7. The number of para-hydroxylation sites is 1. The molecule has 0 aliphatic carbocycles. The van der Waals surface area contributed by atoms with Crippen LogP contribution in [0.25, 0.3) is 5.69 Å². The molecule has 4 aromatic rings. The summed E-state index contributed by atoms with van der Waals surface area (Å²) in [5, 5.41) is 4.68. The third-order valence-electron chi connectivity index (χ3n) is 5.86. The van der Waals surface area contributed by atoms with E-state index in [0.29, 0.717) is 15.7 Å². The number of thiocarbonyl (C=S) groups is 1. The average Bonchev–Trinajstić information content (AvgIpc) is 3.49. The number of nitrogens with one attached hydrogen (secondary N) is 1. The summed E-state index contributed by atoms with van der Waals surface area (Å²) in [4.78, 5) is 19.2. The zero-order valence-electron chi connectivity index (χ0n) is 18.3. The summed E-state index contributed by atoms with van der Waals surface area (Å²) < 4.78 is 7.04. The number of halogens is 1. The fourth-order valence-electron chi connectivity index (χ4n) is 4.36. The third-order valence-corrected chi connectivity index (χ3v) is 6.42. The molecule has 1 fully saturated rings. The lowest BCUT2D eigenvalue weighted by Gasteiger charge is -2.29. The number of anilines is 1. The highest BCUT2D eigenvalue weighted by atomic mass is 35.5. The van der Waals surface area contributed by atoms with Crippen LogP contribution < -0.4 is 10.2 Å². The molecule has 0 spiro atoms. The van der Waals surface area contributed by atoms with Gasteiger partial charge in [0, 0.05) is 28.8 Å². The van der Waals surface area contributed by atoms with Crippen molar-refractivity contribution >= 4 is 40.6 Å². The topological polar surface area (TPSA) is 59.4 Å². The second kappa shape index (κ2) is 9.29. The summed E-state index contributed by atoms with van der Waals surface area (Å²) in [5.74, 6) is -0.397. The number of carbonyl (C=O) groups excluding carboxylic acids is 1. The molecule has 0 saturated carbocycles. The molecule has 3 heterocycles. The molecule has 5 rings (SSSR count). The quantitative estimate of drug-likeness (QED) is 0.296. The minimum atomic E-state index is -0.397. The van der Waals surface area contributed by atoms with Crippen LogP contribution in [0.1, 0.15) is 33.8 Å². The Hall–Kier alpha value is -3.68. The lowest BCUT2D eigenvalue weighted by molar-refractivity contribution is 0.0600. The monoisotopic (exact) mass is 488 g/mol. The highest BCUT2D eigenvalue weighted by molar-refractivity contribution is 7.80. The van der Waals surface area contributed by atoms with Crippen molar-refractivity contribution in [3.05, 3.63) is 113 Å². The molecule has 1 saturated heterocycles. The molecule has 34 heavy (non-hydrogen) atoms. The predicted octanol–water partition coefficient (Wildman–Crippen LogP) is 5.49. The summed E-state index contributed by atoms with van der Waals surface area (Å²) in [6.45, 7) is 0. The lowest BCUT2D eigenvalue weighted by Crippen LogP contribution is -2.30. The Kier molecular flexibility index (Phi) is 6.04. The zero-order chi connectivity index (χ0) is 23.7. The van der Waals surface area contributed by atoms with E-state index in [-0.39, 0.29) is 12.1 Å². The molecule has 0 bridgehead atoms. The SMILES string of the molecule is COC(=O)c1ccccc1-n1cccc1[C@H]1[C@@H](c2ccccn2)NC(=S)N1c1ccc(Cl)cc1. The predicted molar refractivity (Wildman–Crippen MR) is 136 cm³/mol. The van der Waals surface area contributed by atoms with Crippen LogP contribution in [-0.2, 0) is 4.74 Å². The molecule has 1 N–H and O–H groups in total. The molecule has 1 aliphatic rings. The summed E-state index contributed by atoms with van der Waals surface area (Å²) in [7, 11) is 1.38. The van der Waals surface area contributed by atoms with E-state index in [4.69, 9.17) is 28.6 Å². The van der Waals surface area contributed by atoms with Crippen LogP contribution in [0.15, 0.2) is 91.3 Å². The van der Waals surface area contributed by atoms with Crippen LogP contribution in [0.2, 0.25) is 5.02 Å². The normalized spacial score (nSPS) is 17.5. The fourth-order valence-corrected chi connectivity index (χ4v) is 4.83. The van der Waals surface area contributed by atoms with Gasteiger partial charge in [-0.05, 0) is 72.9 Å². The first kappa shape index (κ1) is 22.1. The number of benzene rings is 2. The summed E-state index contributed by atoms with van der Waals surface area (Å²) in [6.07, 6.45) is 3.71. The van der Waals surface area contributed by atoms with Crippen LogP contribution in [0.5, 0.6) is 0 Å². The van der Waals surface area contributed by atoms with Gasteiger partial charge in [-0.25, -0.2) is 4.79 Å². The van der Waals surface area contributed by atoms with Gasteiger partial charge in [-0.3, -0.25) is 4.98 Å². The van der Waals surface area contributed by atoms with Crippen molar-refractivity contribution in [2.24, 2.45) is 0 Å². The van der Waals surface area contributed by atoms with Gasteiger partial charge in [0.25, 0.3) is 0 Å². The first-order valence-corrected chi connectivity index (χ1v) is 11.5. The van der Waals surface area contributed by atoms with E-state index < -0.39 is 5.97 Å². The second-order valence-corrected chi connectivity index (χ2v) is 8.61. The highest BCUT2D eigenvalue weighted by Gasteiger charge is 2.42. The van der Waals surface area contributed by atoms with Gasteiger partial charge in [-0.1, -0.05) is 29.8 Å². The van der Waals surface area contributed by atoms with Gasteiger partial charge >= 0.3 is 5.97 Å². The molecule has 6 nitrogen and oxygen atoms in total. The van der Waals surface area contributed by atoms with Gasteiger partial charge in [0.15, 0.2) is 5.11 Å². The average molecular weight is 489 g/mol. The van der Waals surface area contributed by atoms with Crippen LogP contribution in [0.3, 0.4) is 0 Å². The highest BCUT2D eigenvalue weighted by Crippen LogP contribution is 2.42. The fraction of sp³-hybridized carbons (Fsp3) is 0.115. The van der Waals surface area contributed by atoms with Crippen LogP contribution in [0, 0.1) is 0 Å². The summed E-state index contributed by atoms with van der Waals surface area (Å²) >= 11 is 12.0. The molecule has 0 unspecified atom stereocenters. The smallest absolute Gasteiger partial charge is 0.339 e. The maximum Gasteiger partial charge on any atom is 0.339 e. The maximum atomic E-state index is 12.5. The van der Waals surface area contributed by atoms with Gasteiger partial charge in [0.1, 0.15) is 6.04 Å². The van der Waals surface area contributed by atoms with Crippen molar-refractivity contribution in [1.29, 1.82) is 0 Å². The van der Waals surface area contributed by atoms with Gasteiger partial charge in [-0.15, -0.1) is 0 Å². The molecule has 8 heteroatoms. The number of hydrogen-bond acceptors (Lipinski definition) is 4. The molecule has 0 amide bonds. The van der Waals surface area contributed by atoms with E-state index in [2.05, 4.69) is 15.2 Å². The van der Waals surface area contributed by atoms with Gasteiger partial charge in [0.05, 0.1) is 30.1 Å². The number of nitrogens with zero attached hydrogens (tertiary/aromatic N) is 3. The van der Waals surface area contributed by atoms with E-state index in [1.165, 1.54) is 7.11 Å². The Morgan fingerprint density at radius 3 is 2.53 bits per heavy atom. The molecule has 0 radical (unpaired) electrons. The molecule has 2 aromatic carbocycles. The van der Waals surface area contributed by atoms with E-state index in [1.807, 2.05) is 83.6 Å². The number of hydrogen-bond donors (Lipinski definition) is 1. The van der Waals surface area contributed by atoms with Crippen molar-refractivity contribution in [2.75, 3.05) is 12.0 Å². The van der Waals surface area contributed by atoms with Crippen molar-refractivity contribution in [3.8, 4) is 5.69 Å². The molecule has 2 aromatic heterocycles. The standard InChI is InChI=1S/C26H21ClN4O2S/c1-33-25(32)19-7-2-3-9-21(19)30-16-6-10-22(30)24-23(20-8-4-5-15-28-20)29-26(34)31(24)18-13-11-17(27)12-14-18/h2-16,23-24H,1H3,(H,29,34)/t23-,24+/m1/s1. The van der Waals surface area contributed by atoms with Crippen molar-refractivity contribution < 1.29 is 9.53 Å². The number of pyridine rings is 1. The summed E-state index contributed by atoms with van der Waals surface area (Å²) in [6, 6.07) is 24.3. The maximum absolute atomic E-state index is 12.5. The van der Waals surface area contributed by atoms with Crippen LogP contribution >= 0.6 is 23.8 Å². The number of esters is 1. The van der Waals surface area contributed by atoms with E-state index in [1.54, 1.807) is 12.3 Å². The zero-order valence-corrected chi connectivity index (χ0v) is 19.8. The molecular formula is C26H21ClN4O2S. The number of aromatic nitrogens is 2. The Morgan fingerprint density at radius 1 is 1.03 bits per heavy atom. The van der Waals surface area contributed by atoms with Crippen LogP contribution in [-0.4, -0.2) is 27.7 Å². The molecule has 1 aliphatic heterocycles. The second-order valence-electron chi connectivity index (χ2n) is 7.78. The van der Waals surface area contributed by atoms with Gasteiger partial charge in [0.2, 0.25) is 0 Å². The Morgan fingerprint density at radius 2 is 1.79 bits per heavy atom. The van der Waals surface area contributed by atoms with E-state index >= 15 is 0 Å². The van der Waals surface area contributed by atoms with Crippen LogP contribution in [0.4, 0.5) is 5.69 Å². The van der Waals surface area contributed by atoms with E-state index in [9.17, 15) is 4.79 Å². The minimum absolute atomic E-state index is 0.219. The van der Waals surface area contributed by atoms with Gasteiger partial charge in [-0.2, -0.15) is 0 Å². The Labute approximate surface area is 207 Å². The summed E-state index contributed by atoms with van der Waals surface area (Å²) in [5.41, 5.74) is 3.90. The van der Waals surface area contributed by atoms with E-state index in [0.717, 1.165) is 22.8 Å².